The molecule has 2 heterocycles. The molecule has 1 atom stereocenters. The number of rotatable bonds is 7. The first-order valence-electron chi connectivity index (χ1n) is 9.43. The summed E-state index contributed by atoms with van der Waals surface area (Å²) in [6.07, 6.45) is 2.51. The van der Waals surface area contributed by atoms with E-state index in [2.05, 4.69) is 37.6 Å². The summed E-state index contributed by atoms with van der Waals surface area (Å²) in [5.74, 6) is 1.75. The van der Waals surface area contributed by atoms with Crippen molar-refractivity contribution in [3.8, 4) is 5.75 Å². The Bertz CT molecular complexity index is 761. The number of aryl methyl sites for hydroxylation is 1. The van der Waals surface area contributed by atoms with Crippen molar-refractivity contribution in [3.63, 3.8) is 0 Å². The van der Waals surface area contributed by atoms with Crippen molar-refractivity contribution in [3.05, 3.63) is 45.9 Å². The van der Waals surface area contributed by atoms with Gasteiger partial charge >= 0.3 is 0 Å². The van der Waals surface area contributed by atoms with Crippen LogP contribution < -0.4 is 15.4 Å². The standard InChI is InChI=1S/C20H29N5OS.HI/c1-15-19(27-14-24-15)13-23-20(21-2)22-12-17(25-10-6-7-11-25)16-8-4-5-9-18(16)26-3;/h4-5,8-9,14,17H,6-7,10-13H2,1-3H3,(H2,21,22,23);1H. The van der Waals surface area contributed by atoms with Gasteiger partial charge in [0.15, 0.2) is 5.96 Å². The normalized spacial score (nSPS) is 15.8. The first-order chi connectivity index (χ1) is 13.2. The molecule has 6 nitrogen and oxygen atoms in total. The van der Waals surface area contributed by atoms with Gasteiger partial charge in [0.2, 0.25) is 0 Å². The molecule has 1 aromatic carbocycles. The van der Waals surface area contributed by atoms with Gasteiger partial charge in [-0.3, -0.25) is 9.89 Å². The monoisotopic (exact) mass is 515 g/mol. The van der Waals surface area contributed by atoms with E-state index in [1.807, 2.05) is 31.6 Å². The minimum Gasteiger partial charge on any atom is -0.496 e. The van der Waals surface area contributed by atoms with Gasteiger partial charge in [-0.25, -0.2) is 4.98 Å². The van der Waals surface area contributed by atoms with Crippen molar-refractivity contribution >= 4 is 41.3 Å². The number of ether oxygens (including phenoxy) is 1. The summed E-state index contributed by atoms with van der Waals surface area (Å²) >= 11 is 1.67. The molecular weight excluding hydrogens is 485 g/mol. The lowest BCUT2D eigenvalue weighted by Gasteiger charge is -2.30. The number of thiazole rings is 1. The predicted molar refractivity (Wildman–Crippen MR) is 127 cm³/mol. The van der Waals surface area contributed by atoms with E-state index in [1.54, 1.807) is 18.4 Å². The second-order valence-corrected chi connectivity index (χ2v) is 7.61. The summed E-state index contributed by atoms with van der Waals surface area (Å²) in [5, 5.41) is 6.90. The number of methoxy groups -OCH3 is 1. The summed E-state index contributed by atoms with van der Waals surface area (Å²) in [7, 11) is 3.55. The van der Waals surface area contributed by atoms with Gasteiger partial charge in [-0.1, -0.05) is 18.2 Å². The first kappa shape index (κ1) is 22.9. The maximum Gasteiger partial charge on any atom is 0.191 e. The van der Waals surface area contributed by atoms with E-state index in [-0.39, 0.29) is 30.0 Å². The second kappa shape index (κ2) is 11.6. The molecule has 2 aromatic rings. The number of nitrogens with zero attached hydrogens (tertiary/aromatic N) is 3. The number of nitrogens with one attached hydrogen (secondary N) is 2. The van der Waals surface area contributed by atoms with Gasteiger partial charge in [0.05, 0.1) is 30.9 Å². The van der Waals surface area contributed by atoms with Gasteiger partial charge in [0.25, 0.3) is 0 Å². The molecule has 3 rings (SSSR count). The number of guanidine groups is 1. The Labute approximate surface area is 188 Å². The number of aliphatic imine (C=N–C) groups is 1. The lowest BCUT2D eigenvalue weighted by atomic mass is 10.0. The highest BCUT2D eigenvalue weighted by atomic mass is 127. The van der Waals surface area contributed by atoms with Crippen LogP contribution in [0.25, 0.3) is 0 Å². The van der Waals surface area contributed by atoms with E-state index in [0.29, 0.717) is 0 Å². The zero-order valence-corrected chi connectivity index (χ0v) is 19.9. The highest BCUT2D eigenvalue weighted by Gasteiger charge is 2.26. The van der Waals surface area contributed by atoms with Crippen LogP contribution in [-0.4, -0.2) is 49.6 Å². The van der Waals surface area contributed by atoms with Gasteiger partial charge in [-0.15, -0.1) is 35.3 Å². The number of benzene rings is 1. The summed E-state index contributed by atoms with van der Waals surface area (Å²) < 4.78 is 5.62. The van der Waals surface area contributed by atoms with Crippen LogP contribution in [0.2, 0.25) is 0 Å². The van der Waals surface area contributed by atoms with Crippen molar-refractivity contribution < 1.29 is 4.74 Å². The molecule has 0 radical (unpaired) electrons. The molecule has 1 aliphatic rings. The molecule has 0 spiro atoms. The average Bonchev–Trinajstić information content (AvgIpc) is 3.37. The molecule has 28 heavy (non-hydrogen) atoms. The largest absolute Gasteiger partial charge is 0.496 e. The van der Waals surface area contributed by atoms with E-state index in [0.717, 1.165) is 43.6 Å². The minimum atomic E-state index is 0. The van der Waals surface area contributed by atoms with Crippen LogP contribution >= 0.6 is 35.3 Å². The molecule has 8 heteroatoms. The molecule has 1 unspecified atom stereocenters. The van der Waals surface area contributed by atoms with Crippen molar-refractivity contribution in [1.82, 2.24) is 20.5 Å². The number of halogens is 1. The highest BCUT2D eigenvalue weighted by Crippen LogP contribution is 2.31. The number of aromatic nitrogens is 1. The van der Waals surface area contributed by atoms with Gasteiger partial charge in [-0.2, -0.15) is 0 Å². The summed E-state index contributed by atoms with van der Waals surface area (Å²) in [5.41, 5.74) is 4.18. The van der Waals surface area contributed by atoms with Crippen LogP contribution in [-0.2, 0) is 6.54 Å². The molecular formula is C20H30IN5OS. The van der Waals surface area contributed by atoms with E-state index >= 15 is 0 Å². The lowest BCUT2D eigenvalue weighted by molar-refractivity contribution is 0.239. The molecule has 0 saturated carbocycles. The van der Waals surface area contributed by atoms with Gasteiger partial charge < -0.3 is 15.4 Å². The molecule has 1 aromatic heterocycles. The zero-order chi connectivity index (χ0) is 19.1. The quantitative estimate of drug-likeness (QED) is 0.336. The SMILES string of the molecule is CN=C(NCc1scnc1C)NCC(c1ccccc1OC)N1CCCC1.I. The Morgan fingerprint density at radius 2 is 2.04 bits per heavy atom. The fourth-order valence-corrected chi connectivity index (χ4v) is 4.22. The molecule has 1 fully saturated rings. The van der Waals surface area contributed by atoms with Gasteiger partial charge in [-0.05, 0) is 38.9 Å². The minimum absolute atomic E-state index is 0. The lowest BCUT2D eigenvalue weighted by Crippen LogP contribution is -2.42. The van der Waals surface area contributed by atoms with Gasteiger partial charge in [0, 0.05) is 24.0 Å². The number of hydrogen-bond acceptors (Lipinski definition) is 5. The highest BCUT2D eigenvalue weighted by molar-refractivity contribution is 14.0. The van der Waals surface area contributed by atoms with Crippen LogP contribution in [0.15, 0.2) is 34.8 Å². The Morgan fingerprint density at radius 1 is 1.29 bits per heavy atom. The molecule has 154 valence electrons. The number of hydrogen-bond donors (Lipinski definition) is 2. The molecule has 0 bridgehead atoms. The number of para-hydroxylation sites is 1. The van der Waals surface area contributed by atoms with Crippen LogP contribution in [0.3, 0.4) is 0 Å². The first-order valence-corrected chi connectivity index (χ1v) is 10.3. The topological polar surface area (TPSA) is 61.8 Å². The Balaban J connectivity index is 0.00000280. The molecule has 1 aliphatic heterocycles. The fourth-order valence-electron chi connectivity index (χ4n) is 3.50. The fraction of sp³-hybridized carbons (Fsp3) is 0.500. The van der Waals surface area contributed by atoms with Crippen LogP contribution in [0.5, 0.6) is 5.75 Å². The van der Waals surface area contributed by atoms with Crippen LogP contribution in [0.1, 0.15) is 35.0 Å². The zero-order valence-electron chi connectivity index (χ0n) is 16.8. The average molecular weight is 515 g/mol. The second-order valence-electron chi connectivity index (χ2n) is 6.67. The predicted octanol–water partition coefficient (Wildman–Crippen LogP) is 3.58. The van der Waals surface area contributed by atoms with E-state index < -0.39 is 0 Å². The van der Waals surface area contributed by atoms with E-state index in [9.17, 15) is 0 Å². The van der Waals surface area contributed by atoms with Crippen molar-refractivity contribution in [2.75, 3.05) is 33.8 Å². The summed E-state index contributed by atoms with van der Waals surface area (Å²) in [4.78, 5) is 12.5. The maximum absolute atomic E-state index is 5.62. The third kappa shape index (κ3) is 5.81. The molecule has 2 N–H and O–H groups in total. The van der Waals surface area contributed by atoms with Crippen LogP contribution in [0, 0.1) is 6.92 Å². The van der Waals surface area contributed by atoms with Gasteiger partial charge in [0.1, 0.15) is 5.75 Å². The van der Waals surface area contributed by atoms with Crippen LogP contribution in [0.4, 0.5) is 0 Å². The van der Waals surface area contributed by atoms with Crippen molar-refractivity contribution in [2.24, 2.45) is 4.99 Å². The Hall–Kier alpha value is -1.39. The van der Waals surface area contributed by atoms with E-state index in [4.69, 9.17) is 4.74 Å². The smallest absolute Gasteiger partial charge is 0.191 e. The summed E-state index contributed by atoms with van der Waals surface area (Å²) in [6, 6.07) is 8.57. The molecule has 0 amide bonds. The maximum atomic E-state index is 5.62. The molecule has 0 aliphatic carbocycles. The Morgan fingerprint density at radius 3 is 2.68 bits per heavy atom. The summed E-state index contributed by atoms with van der Waals surface area (Å²) in [6.45, 7) is 5.79. The Kier molecular flexibility index (Phi) is 9.46. The number of likely N-dealkylation sites (tertiary alicyclic amines) is 1. The third-order valence-corrected chi connectivity index (χ3v) is 5.96. The van der Waals surface area contributed by atoms with Crippen molar-refractivity contribution in [2.45, 2.75) is 32.4 Å². The van der Waals surface area contributed by atoms with Crippen molar-refractivity contribution in [1.29, 1.82) is 0 Å². The third-order valence-electron chi connectivity index (χ3n) is 5.03. The van der Waals surface area contributed by atoms with E-state index in [1.165, 1.54) is 23.3 Å². The molecule has 1 saturated heterocycles.